The Kier molecular flexibility index (Phi) is 4.06. The highest BCUT2D eigenvalue weighted by atomic mass is 32.2. The molecule has 0 saturated carbocycles. The van der Waals surface area contributed by atoms with Crippen molar-refractivity contribution in [1.82, 2.24) is 0 Å². The number of fused-ring (bicyclic) bond motifs is 1. The third kappa shape index (κ3) is 3.15. The SMILES string of the molecule is O=C(O)[C@@H](O)CCS(=O)(=O)c1ccc2ccccc2c1. The summed E-state index contributed by atoms with van der Waals surface area (Å²) in [5.74, 6) is -1.82. The summed E-state index contributed by atoms with van der Waals surface area (Å²) in [7, 11) is -3.60. The number of hydrogen-bond donors (Lipinski definition) is 2. The van der Waals surface area contributed by atoms with Gasteiger partial charge in [0.25, 0.3) is 0 Å². The number of carboxylic acid groups (broad SMARTS) is 1. The van der Waals surface area contributed by atoms with Crippen LogP contribution < -0.4 is 0 Å². The average Bonchev–Trinajstić information content (AvgIpc) is 2.44. The molecule has 0 radical (unpaired) electrons. The number of hydrogen-bond acceptors (Lipinski definition) is 4. The van der Waals surface area contributed by atoms with Gasteiger partial charge in [-0.1, -0.05) is 30.3 Å². The van der Waals surface area contributed by atoms with Crippen molar-refractivity contribution in [3.05, 3.63) is 42.5 Å². The van der Waals surface area contributed by atoms with Gasteiger partial charge in [-0.05, 0) is 29.3 Å². The van der Waals surface area contributed by atoms with Gasteiger partial charge in [-0.15, -0.1) is 0 Å². The summed E-state index contributed by atoms with van der Waals surface area (Å²) in [6.07, 6.45) is -1.99. The first kappa shape index (κ1) is 14.5. The van der Waals surface area contributed by atoms with E-state index < -0.39 is 27.7 Å². The Morgan fingerprint density at radius 3 is 2.40 bits per heavy atom. The minimum atomic E-state index is -3.60. The second kappa shape index (κ2) is 5.60. The molecule has 0 aliphatic carbocycles. The molecule has 0 aliphatic heterocycles. The Hall–Kier alpha value is -1.92. The summed E-state index contributed by atoms with van der Waals surface area (Å²) in [5.41, 5.74) is 0. The van der Waals surface area contributed by atoms with Crippen LogP contribution in [0.1, 0.15) is 6.42 Å². The molecule has 20 heavy (non-hydrogen) atoms. The van der Waals surface area contributed by atoms with E-state index in [9.17, 15) is 13.2 Å². The number of sulfone groups is 1. The number of aliphatic hydroxyl groups excluding tert-OH is 1. The zero-order valence-electron chi connectivity index (χ0n) is 10.6. The standard InChI is InChI=1S/C14H14O5S/c15-13(14(16)17)7-8-20(18,19)12-6-5-10-3-1-2-4-11(10)9-12/h1-6,9,13,15H,7-8H2,(H,16,17)/t13-/m0/s1. The van der Waals surface area contributed by atoms with Crippen molar-refractivity contribution in [3.63, 3.8) is 0 Å². The fourth-order valence-corrected chi connectivity index (χ4v) is 3.22. The Morgan fingerprint density at radius 2 is 1.75 bits per heavy atom. The van der Waals surface area contributed by atoms with Gasteiger partial charge in [-0.25, -0.2) is 13.2 Å². The molecule has 2 rings (SSSR count). The maximum Gasteiger partial charge on any atom is 0.332 e. The molecular formula is C14H14O5S. The zero-order valence-corrected chi connectivity index (χ0v) is 11.4. The smallest absolute Gasteiger partial charge is 0.332 e. The predicted molar refractivity (Wildman–Crippen MR) is 74.3 cm³/mol. The lowest BCUT2D eigenvalue weighted by Gasteiger charge is -2.08. The number of rotatable bonds is 5. The van der Waals surface area contributed by atoms with E-state index in [1.54, 1.807) is 18.2 Å². The maximum atomic E-state index is 12.1. The minimum Gasteiger partial charge on any atom is -0.479 e. The third-order valence-electron chi connectivity index (χ3n) is 3.03. The molecule has 0 spiro atoms. The molecule has 0 aromatic heterocycles. The molecule has 0 fully saturated rings. The van der Waals surface area contributed by atoms with Crippen LogP contribution in [0.2, 0.25) is 0 Å². The van der Waals surface area contributed by atoms with Gasteiger partial charge in [0.05, 0.1) is 10.6 Å². The van der Waals surface area contributed by atoms with Crippen LogP contribution in [0.15, 0.2) is 47.4 Å². The second-order valence-corrected chi connectivity index (χ2v) is 6.58. The minimum absolute atomic E-state index is 0.133. The van der Waals surface area contributed by atoms with Crippen molar-refractivity contribution in [2.75, 3.05) is 5.75 Å². The van der Waals surface area contributed by atoms with Gasteiger partial charge in [0.15, 0.2) is 15.9 Å². The van der Waals surface area contributed by atoms with Crippen LogP contribution in [0.3, 0.4) is 0 Å². The van der Waals surface area contributed by atoms with E-state index in [1.807, 2.05) is 18.2 Å². The highest BCUT2D eigenvalue weighted by Gasteiger charge is 2.20. The quantitative estimate of drug-likeness (QED) is 0.870. The van der Waals surface area contributed by atoms with E-state index in [1.165, 1.54) is 6.07 Å². The van der Waals surface area contributed by atoms with Gasteiger partial charge in [-0.3, -0.25) is 0 Å². The Balaban J connectivity index is 2.25. The predicted octanol–water partition coefficient (Wildman–Crippen LogP) is 1.45. The highest BCUT2D eigenvalue weighted by Crippen LogP contribution is 2.20. The molecule has 0 aliphatic rings. The molecule has 2 N–H and O–H groups in total. The molecule has 0 unspecified atom stereocenters. The number of benzene rings is 2. The molecule has 0 saturated heterocycles. The topological polar surface area (TPSA) is 91.7 Å². The Bertz CT molecular complexity index is 736. The molecule has 1 atom stereocenters. The number of carbonyl (C=O) groups is 1. The molecule has 0 bridgehead atoms. The van der Waals surface area contributed by atoms with Crippen LogP contribution in [0.5, 0.6) is 0 Å². The van der Waals surface area contributed by atoms with Crippen molar-refractivity contribution in [2.45, 2.75) is 17.4 Å². The summed E-state index contributed by atoms with van der Waals surface area (Å²) < 4.78 is 24.2. The van der Waals surface area contributed by atoms with Gasteiger partial charge in [0.2, 0.25) is 0 Å². The van der Waals surface area contributed by atoms with Crippen LogP contribution in [0.4, 0.5) is 0 Å². The molecule has 6 heteroatoms. The molecule has 0 heterocycles. The van der Waals surface area contributed by atoms with Crippen molar-refractivity contribution in [3.8, 4) is 0 Å². The largest absolute Gasteiger partial charge is 0.479 e. The van der Waals surface area contributed by atoms with Gasteiger partial charge in [0.1, 0.15) is 0 Å². The number of aliphatic hydroxyl groups is 1. The lowest BCUT2D eigenvalue weighted by Crippen LogP contribution is -2.23. The van der Waals surface area contributed by atoms with E-state index in [4.69, 9.17) is 10.2 Å². The molecular weight excluding hydrogens is 280 g/mol. The zero-order chi connectivity index (χ0) is 14.8. The van der Waals surface area contributed by atoms with E-state index in [2.05, 4.69) is 0 Å². The number of aliphatic carboxylic acids is 1. The third-order valence-corrected chi connectivity index (χ3v) is 4.77. The highest BCUT2D eigenvalue weighted by molar-refractivity contribution is 7.91. The monoisotopic (exact) mass is 294 g/mol. The first-order valence-corrected chi connectivity index (χ1v) is 7.68. The van der Waals surface area contributed by atoms with Gasteiger partial charge < -0.3 is 10.2 Å². The van der Waals surface area contributed by atoms with E-state index in [-0.39, 0.29) is 11.3 Å². The maximum absolute atomic E-state index is 12.1. The van der Waals surface area contributed by atoms with Crippen LogP contribution in [0, 0.1) is 0 Å². The molecule has 106 valence electrons. The van der Waals surface area contributed by atoms with Gasteiger partial charge in [0, 0.05) is 0 Å². The fourth-order valence-electron chi connectivity index (χ4n) is 1.87. The second-order valence-electron chi connectivity index (χ2n) is 4.47. The summed E-state index contributed by atoms with van der Waals surface area (Å²) in [6, 6.07) is 12.1. The Morgan fingerprint density at radius 1 is 1.10 bits per heavy atom. The van der Waals surface area contributed by atoms with Gasteiger partial charge in [-0.2, -0.15) is 0 Å². The van der Waals surface area contributed by atoms with Crippen LogP contribution >= 0.6 is 0 Å². The van der Waals surface area contributed by atoms with E-state index in [0.717, 1.165) is 10.8 Å². The summed E-state index contributed by atoms with van der Waals surface area (Å²) in [6.45, 7) is 0. The lowest BCUT2D eigenvalue weighted by atomic mass is 10.1. The van der Waals surface area contributed by atoms with E-state index >= 15 is 0 Å². The van der Waals surface area contributed by atoms with Crippen molar-refractivity contribution in [1.29, 1.82) is 0 Å². The molecule has 0 amide bonds. The van der Waals surface area contributed by atoms with E-state index in [0.29, 0.717) is 0 Å². The average molecular weight is 294 g/mol. The first-order valence-electron chi connectivity index (χ1n) is 6.02. The normalized spacial score (nSPS) is 13.2. The molecule has 2 aromatic carbocycles. The van der Waals surface area contributed by atoms with Gasteiger partial charge >= 0.3 is 5.97 Å². The van der Waals surface area contributed by atoms with Crippen molar-refractivity contribution in [2.24, 2.45) is 0 Å². The fraction of sp³-hybridized carbons (Fsp3) is 0.214. The van der Waals surface area contributed by atoms with Crippen molar-refractivity contribution >= 4 is 26.6 Å². The Labute approximate surface area is 116 Å². The summed E-state index contributed by atoms with van der Waals surface area (Å²) in [4.78, 5) is 10.6. The molecule has 2 aromatic rings. The van der Waals surface area contributed by atoms with Crippen LogP contribution in [-0.2, 0) is 14.6 Å². The van der Waals surface area contributed by atoms with Crippen LogP contribution in [0.25, 0.3) is 10.8 Å². The van der Waals surface area contributed by atoms with Crippen molar-refractivity contribution < 1.29 is 23.4 Å². The summed E-state index contributed by atoms with van der Waals surface area (Å²) in [5, 5.41) is 19.4. The molecule has 5 nitrogen and oxygen atoms in total. The van der Waals surface area contributed by atoms with Crippen LogP contribution in [-0.4, -0.2) is 36.5 Å². The summed E-state index contributed by atoms with van der Waals surface area (Å²) >= 11 is 0. The lowest BCUT2D eigenvalue weighted by molar-refractivity contribution is -0.146. The first-order chi connectivity index (χ1) is 9.40. The number of carboxylic acids is 1.